The van der Waals surface area contributed by atoms with E-state index in [0.717, 1.165) is 65.9 Å². The van der Waals surface area contributed by atoms with Gasteiger partial charge in [-0.2, -0.15) is 13.2 Å². The summed E-state index contributed by atoms with van der Waals surface area (Å²) in [6, 6.07) is 5.37. The molecule has 2 aliphatic carbocycles. The Morgan fingerprint density at radius 1 is 1.05 bits per heavy atom. The maximum atomic E-state index is 13.5. The third kappa shape index (κ3) is 5.66. The van der Waals surface area contributed by atoms with Crippen molar-refractivity contribution in [1.29, 1.82) is 0 Å². The number of aromatic nitrogens is 1. The number of benzene rings is 1. The highest BCUT2D eigenvalue weighted by atomic mass is 28.4. The zero-order valence-corrected chi connectivity index (χ0v) is 28.9. The van der Waals surface area contributed by atoms with Crippen molar-refractivity contribution in [3.8, 4) is 0 Å². The van der Waals surface area contributed by atoms with Crippen molar-refractivity contribution in [3.05, 3.63) is 63.5 Å². The summed E-state index contributed by atoms with van der Waals surface area (Å²) in [6.45, 7) is 21.0. The van der Waals surface area contributed by atoms with Gasteiger partial charge in [0.1, 0.15) is 12.2 Å². The average molecular weight is 632 g/mol. The molecule has 0 saturated heterocycles. The molecule has 5 rings (SSSR count). The molecule has 2 aromatic rings. The molecule has 5 nitrogen and oxygen atoms in total. The SMILES string of the molecule is CC(=O)O[C@@H]1c2nc(C(C)C)c3c(c2C(O[Si](C)(C)C(C)(C)C)CC1(C)C)C1(CCCC1)O[C@@H]3c1ccc(C(F)(F)F)cc1. The quantitative estimate of drug-likeness (QED) is 0.243. The van der Waals surface area contributed by atoms with Gasteiger partial charge in [-0.3, -0.25) is 9.78 Å². The topological polar surface area (TPSA) is 57.7 Å². The molecule has 1 aliphatic heterocycles. The van der Waals surface area contributed by atoms with Crippen LogP contribution in [0.15, 0.2) is 24.3 Å². The lowest BCUT2D eigenvalue weighted by Gasteiger charge is -2.48. The fraction of sp³-hybridized carbons (Fsp3) is 0.657. The van der Waals surface area contributed by atoms with Gasteiger partial charge in [0.25, 0.3) is 0 Å². The van der Waals surface area contributed by atoms with Crippen molar-refractivity contribution < 1.29 is 31.9 Å². The Balaban J connectivity index is 1.82. The summed E-state index contributed by atoms with van der Waals surface area (Å²) in [7, 11) is -2.28. The van der Waals surface area contributed by atoms with E-state index >= 15 is 0 Å². The largest absolute Gasteiger partial charge is 0.455 e. The maximum absolute atomic E-state index is 13.5. The van der Waals surface area contributed by atoms with Crippen LogP contribution in [0.5, 0.6) is 0 Å². The van der Waals surface area contributed by atoms with Gasteiger partial charge in [0.05, 0.1) is 23.0 Å². The van der Waals surface area contributed by atoms with Gasteiger partial charge in [-0.25, -0.2) is 0 Å². The van der Waals surface area contributed by atoms with E-state index in [1.807, 2.05) is 0 Å². The fourth-order valence-corrected chi connectivity index (χ4v) is 8.45. The van der Waals surface area contributed by atoms with Crippen LogP contribution in [0.2, 0.25) is 18.1 Å². The van der Waals surface area contributed by atoms with Crippen molar-refractivity contribution in [2.24, 2.45) is 5.41 Å². The Hall–Kier alpha value is -2.23. The molecule has 1 fully saturated rings. The van der Waals surface area contributed by atoms with Gasteiger partial charge >= 0.3 is 12.1 Å². The molecular weight excluding hydrogens is 583 g/mol. The molecule has 3 aliphatic rings. The highest BCUT2D eigenvalue weighted by Gasteiger charge is 2.56. The van der Waals surface area contributed by atoms with Crippen LogP contribution in [0.25, 0.3) is 0 Å². The molecule has 0 radical (unpaired) electrons. The van der Waals surface area contributed by atoms with E-state index in [0.29, 0.717) is 12.0 Å². The summed E-state index contributed by atoms with van der Waals surface area (Å²) >= 11 is 0. The van der Waals surface area contributed by atoms with Crippen molar-refractivity contribution in [1.82, 2.24) is 4.98 Å². The Bertz CT molecular complexity index is 1420. The summed E-state index contributed by atoms with van der Waals surface area (Å²) in [5, 5.41) is -0.0389. The lowest BCUT2D eigenvalue weighted by atomic mass is 9.68. The molecule has 2 heterocycles. The monoisotopic (exact) mass is 631 g/mol. The summed E-state index contributed by atoms with van der Waals surface area (Å²) in [6.07, 6.45) is -1.62. The standard InChI is InChI=1S/C35H48F3NO4Si/c1-20(2)28-26-27(34(17-11-12-18-34)42-30(26)22-13-15-23(16-14-22)35(36,37)38)25-24(43-44(9,10)32(4,5)6)19-33(7,8)31(29(25)39-28)41-21(3)40/h13-16,20,24,30-31H,11-12,17-19H2,1-10H3/t24?,30-,31-/m1/s1. The number of halogens is 3. The minimum absolute atomic E-state index is 0.00562. The zero-order chi connectivity index (χ0) is 32.6. The minimum Gasteiger partial charge on any atom is -0.455 e. The van der Waals surface area contributed by atoms with Crippen molar-refractivity contribution >= 4 is 14.3 Å². The van der Waals surface area contributed by atoms with Gasteiger partial charge in [0, 0.05) is 29.2 Å². The van der Waals surface area contributed by atoms with Crippen molar-refractivity contribution in [3.63, 3.8) is 0 Å². The second-order valence-electron chi connectivity index (χ2n) is 15.6. The van der Waals surface area contributed by atoms with Crippen molar-refractivity contribution in [2.45, 2.75) is 142 Å². The molecule has 1 aromatic heterocycles. The normalized spacial score (nSPS) is 24.5. The first kappa shape index (κ1) is 33.1. The number of fused-ring (bicyclic) bond motifs is 4. The van der Waals surface area contributed by atoms with E-state index in [9.17, 15) is 18.0 Å². The number of carbonyl (C=O) groups is 1. The number of nitrogens with zero attached hydrogens (tertiary/aromatic N) is 1. The van der Waals surface area contributed by atoms with Crippen LogP contribution in [0.4, 0.5) is 13.2 Å². The van der Waals surface area contributed by atoms with Gasteiger partial charge in [-0.15, -0.1) is 0 Å². The van der Waals surface area contributed by atoms with Gasteiger partial charge in [0.2, 0.25) is 0 Å². The Morgan fingerprint density at radius 3 is 2.14 bits per heavy atom. The molecular formula is C35H48F3NO4Si. The molecule has 1 saturated carbocycles. The molecule has 0 amide bonds. The van der Waals surface area contributed by atoms with Crippen LogP contribution in [-0.4, -0.2) is 19.3 Å². The van der Waals surface area contributed by atoms with Gasteiger partial charge in [-0.1, -0.05) is 73.4 Å². The summed E-state index contributed by atoms with van der Waals surface area (Å²) in [5.74, 6) is -0.366. The highest BCUT2D eigenvalue weighted by Crippen LogP contribution is 2.62. The van der Waals surface area contributed by atoms with Crippen LogP contribution in [0, 0.1) is 5.41 Å². The Morgan fingerprint density at radius 2 is 1.64 bits per heavy atom. The molecule has 3 atom stereocenters. The zero-order valence-electron chi connectivity index (χ0n) is 27.9. The van der Waals surface area contributed by atoms with Gasteiger partial charge in [-0.05, 0) is 66.6 Å². The van der Waals surface area contributed by atoms with E-state index in [1.165, 1.54) is 6.92 Å². The second-order valence-corrected chi connectivity index (χ2v) is 20.4. The number of ether oxygens (including phenoxy) is 2. The molecule has 1 unspecified atom stereocenters. The number of rotatable bonds is 5. The molecule has 1 spiro atoms. The molecule has 242 valence electrons. The lowest BCUT2D eigenvalue weighted by Crippen LogP contribution is -2.45. The van der Waals surface area contributed by atoms with Crippen LogP contribution in [-0.2, 0) is 30.5 Å². The van der Waals surface area contributed by atoms with Crippen LogP contribution < -0.4 is 0 Å². The Kier molecular flexibility index (Phi) is 8.24. The highest BCUT2D eigenvalue weighted by molar-refractivity contribution is 6.74. The second kappa shape index (κ2) is 10.9. The third-order valence-corrected chi connectivity index (χ3v) is 14.9. The van der Waals surface area contributed by atoms with Gasteiger partial charge in [0.15, 0.2) is 8.32 Å². The van der Waals surface area contributed by atoms with Gasteiger partial charge < -0.3 is 13.9 Å². The third-order valence-electron chi connectivity index (χ3n) is 10.4. The summed E-state index contributed by atoms with van der Waals surface area (Å²) in [5.41, 5.74) is 3.51. The summed E-state index contributed by atoms with van der Waals surface area (Å²) in [4.78, 5) is 17.9. The molecule has 44 heavy (non-hydrogen) atoms. The fourth-order valence-electron chi connectivity index (χ4n) is 7.18. The molecule has 9 heteroatoms. The number of alkyl halides is 3. The van der Waals surface area contributed by atoms with E-state index in [-0.39, 0.29) is 23.0 Å². The number of esters is 1. The predicted molar refractivity (Wildman–Crippen MR) is 167 cm³/mol. The van der Waals surface area contributed by atoms with E-state index in [1.54, 1.807) is 12.1 Å². The number of carbonyl (C=O) groups excluding carboxylic acids is 1. The van der Waals surface area contributed by atoms with Crippen LogP contribution in [0.1, 0.15) is 151 Å². The smallest absolute Gasteiger partial charge is 0.416 e. The van der Waals surface area contributed by atoms with E-state index in [4.69, 9.17) is 18.9 Å². The number of pyridine rings is 1. The first-order valence-corrected chi connectivity index (χ1v) is 18.9. The van der Waals surface area contributed by atoms with Crippen molar-refractivity contribution in [2.75, 3.05) is 0 Å². The molecule has 1 aromatic carbocycles. The van der Waals surface area contributed by atoms with E-state index < -0.39 is 43.3 Å². The summed E-state index contributed by atoms with van der Waals surface area (Å²) < 4.78 is 60.9. The van der Waals surface area contributed by atoms with Crippen LogP contribution >= 0.6 is 0 Å². The predicted octanol–water partition coefficient (Wildman–Crippen LogP) is 10.2. The molecule has 0 bridgehead atoms. The van der Waals surface area contributed by atoms with E-state index in [2.05, 4.69) is 61.6 Å². The first-order valence-electron chi connectivity index (χ1n) is 16.0. The Labute approximate surface area is 261 Å². The first-order chi connectivity index (χ1) is 20.2. The number of hydrogen-bond acceptors (Lipinski definition) is 5. The van der Waals surface area contributed by atoms with Crippen LogP contribution in [0.3, 0.4) is 0 Å². The lowest BCUT2D eigenvalue weighted by molar-refractivity contribution is -0.156. The maximum Gasteiger partial charge on any atom is 0.416 e. The minimum atomic E-state index is -4.42. The number of hydrogen-bond donors (Lipinski definition) is 0. The average Bonchev–Trinajstić information content (AvgIpc) is 3.49. The molecule has 0 N–H and O–H groups in total.